The Balaban J connectivity index is 3.05. The van der Waals surface area contributed by atoms with Crippen LogP contribution in [0.2, 0.25) is 0 Å². The van der Waals surface area contributed by atoms with E-state index in [1.807, 2.05) is 13.8 Å². The van der Waals surface area contributed by atoms with Crippen LogP contribution >= 0.6 is 0 Å². The van der Waals surface area contributed by atoms with Crippen LogP contribution < -0.4 is 0 Å². The minimum atomic E-state index is -1.22. The molecule has 0 heterocycles. The molecule has 0 aromatic heterocycles. The van der Waals surface area contributed by atoms with E-state index < -0.39 is 6.16 Å². The van der Waals surface area contributed by atoms with Gasteiger partial charge >= 0.3 is 6.16 Å². The zero-order valence-electron chi connectivity index (χ0n) is 4.97. The Morgan fingerprint density at radius 3 is 2.38 bits per heavy atom. The van der Waals surface area contributed by atoms with Gasteiger partial charge in [0.15, 0.2) is 0 Å². The summed E-state index contributed by atoms with van der Waals surface area (Å²) in [6, 6.07) is 0. The number of ether oxygens (including phenoxy) is 1. The van der Waals surface area contributed by atoms with E-state index in [2.05, 4.69) is 4.74 Å². The van der Waals surface area contributed by atoms with Crippen LogP contribution in [0.25, 0.3) is 0 Å². The van der Waals surface area contributed by atoms with Crippen LogP contribution in [0.1, 0.15) is 13.8 Å². The average molecular weight is 117 g/mol. The van der Waals surface area contributed by atoms with Crippen molar-refractivity contribution in [3.63, 3.8) is 0 Å². The molecule has 0 aromatic carbocycles. The SMILES string of the molecule is C[C+](C)COC(=O)O. The summed E-state index contributed by atoms with van der Waals surface area (Å²) in [5.41, 5.74) is 0. The van der Waals surface area contributed by atoms with E-state index in [0.717, 1.165) is 5.92 Å². The molecule has 0 atom stereocenters. The van der Waals surface area contributed by atoms with Gasteiger partial charge in [0, 0.05) is 0 Å². The second-order valence-corrected chi connectivity index (χ2v) is 1.76. The van der Waals surface area contributed by atoms with Gasteiger partial charge in [-0.2, -0.15) is 0 Å². The fraction of sp³-hybridized carbons (Fsp3) is 0.600. The number of hydrogen-bond acceptors (Lipinski definition) is 2. The number of rotatable bonds is 2. The first-order chi connectivity index (χ1) is 3.63. The van der Waals surface area contributed by atoms with Crippen LogP contribution in [0, 0.1) is 5.92 Å². The fourth-order valence-electron chi connectivity index (χ4n) is 0.206. The molecule has 0 bridgehead atoms. The van der Waals surface area contributed by atoms with Crippen molar-refractivity contribution in [2.75, 3.05) is 6.61 Å². The molecule has 0 radical (unpaired) electrons. The molecule has 0 aliphatic carbocycles. The Bertz CT molecular complexity index is 77.7. The summed E-state index contributed by atoms with van der Waals surface area (Å²) < 4.78 is 4.18. The molecule has 0 saturated heterocycles. The molecule has 3 nitrogen and oxygen atoms in total. The quantitative estimate of drug-likeness (QED) is 0.438. The van der Waals surface area contributed by atoms with E-state index >= 15 is 0 Å². The summed E-state index contributed by atoms with van der Waals surface area (Å²) in [4.78, 5) is 9.67. The summed E-state index contributed by atoms with van der Waals surface area (Å²) in [6.45, 7) is 3.82. The third-order valence-electron chi connectivity index (χ3n) is 0.484. The lowest BCUT2D eigenvalue weighted by Gasteiger charge is -1.92. The third kappa shape index (κ3) is 5.14. The lowest BCUT2D eigenvalue weighted by Crippen LogP contribution is -2.05. The molecule has 0 fully saturated rings. The first-order valence-corrected chi connectivity index (χ1v) is 2.27. The van der Waals surface area contributed by atoms with Gasteiger partial charge in [-0.05, 0) is 0 Å². The molecule has 0 aromatic rings. The summed E-state index contributed by atoms with van der Waals surface area (Å²) in [5.74, 6) is 0.951. The molecular formula is C5H9O3+. The topological polar surface area (TPSA) is 46.5 Å². The highest BCUT2D eigenvalue weighted by molar-refractivity contribution is 5.56. The van der Waals surface area contributed by atoms with Gasteiger partial charge in [0.25, 0.3) is 0 Å². The Morgan fingerprint density at radius 2 is 2.25 bits per heavy atom. The van der Waals surface area contributed by atoms with Gasteiger partial charge in [0.05, 0.1) is 13.8 Å². The second kappa shape index (κ2) is 3.18. The molecule has 0 amide bonds. The van der Waals surface area contributed by atoms with E-state index in [1.165, 1.54) is 0 Å². The summed E-state index contributed by atoms with van der Waals surface area (Å²) in [7, 11) is 0. The molecule has 3 heteroatoms. The molecule has 0 spiro atoms. The number of carboxylic acid groups (broad SMARTS) is 1. The Labute approximate surface area is 48.3 Å². The monoisotopic (exact) mass is 117 g/mol. The lowest BCUT2D eigenvalue weighted by molar-refractivity contribution is 0.0956. The highest BCUT2D eigenvalue weighted by atomic mass is 16.7. The normalized spacial score (nSPS) is 8.25. The molecule has 8 heavy (non-hydrogen) atoms. The van der Waals surface area contributed by atoms with Crippen LogP contribution in [0.3, 0.4) is 0 Å². The molecule has 0 aliphatic heterocycles. The Kier molecular flexibility index (Phi) is 2.84. The van der Waals surface area contributed by atoms with Crippen LogP contribution in [-0.4, -0.2) is 17.9 Å². The van der Waals surface area contributed by atoms with Crippen molar-refractivity contribution < 1.29 is 14.6 Å². The summed E-state index contributed by atoms with van der Waals surface area (Å²) >= 11 is 0. The largest absolute Gasteiger partial charge is 0.509 e. The zero-order valence-corrected chi connectivity index (χ0v) is 4.97. The molecule has 0 unspecified atom stereocenters. The maximum absolute atomic E-state index is 9.67. The lowest BCUT2D eigenvalue weighted by atomic mass is 10.2. The predicted molar refractivity (Wildman–Crippen MR) is 28.6 cm³/mol. The van der Waals surface area contributed by atoms with Crippen LogP contribution in [-0.2, 0) is 4.74 Å². The van der Waals surface area contributed by atoms with Crippen molar-refractivity contribution in [3.8, 4) is 0 Å². The van der Waals surface area contributed by atoms with Gasteiger partial charge in [-0.3, -0.25) is 0 Å². The third-order valence-corrected chi connectivity index (χ3v) is 0.484. The van der Waals surface area contributed by atoms with Crippen molar-refractivity contribution in [2.24, 2.45) is 0 Å². The van der Waals surface area contributed by atoms with Crippen molar-refractivity contribution >= 4 is 6.16 Å². The van der Waals surface area contributed by atoms with E-state index in [0.29, 0.717) is 0 Å². The molecule has 0 rings (SSSR count). The van der Waals surface area contributed by atoms with E-state index in [4.69, 9.17) is 5.11 Å². The predicted octanol–water partition coefficient (Wildman–Crippen LogP) is 1.30. The molecule has 1 N–H and O–H groups in total. The van der Waals surface area contributed by atoms with E-state index in [9.17, 15) is 4.79 Å². The average Bonchev–Trinajstić information content (AvgIpc) is 1.61. The first kappa shape index (κ1) is 7.14. The number of carbonyl (C=O) groups is 1. The van der Waals surface area contributed by atoms with Gasteiger partial charge in [-0.25, -0.2) is 4.79 Å². The molecule has 0 aliphatic rings. The Hall–Kier alpha value is -0.860. The van der Waals surface area contributed by atoms with E-state index in [-0.39, 0.29) is 6.61 Å². The zero-order chi connectivity index (χ0) is 6.57. The van der Waals surface area contributed by atoms with Crippen LogP contribution in [0.15, 0.2) is 0 Å². The van der Waals surface area contributed by atoms with Crippen molar-refractivity contribution in [1.82, 2.24) is 0 Å². The minimum absolute atomic E-state index is 0.204. The smallest absolute Gasteiger partial charge is 0.450 e. The summed E-state index contributed by atoms with van der Waals surface area (Å²) in [6.07, 6.45) is -1.22. The van der Waals surface area contributed by atoms with Crippen molar-refractivity contribution in [3.05, 3.63) is 5.92 Å². The minimum Gasteiger partial charge on any atom is -0.450 e. The van der Waals surface area contributed by atoms with Gasteiger partial charge < -0.3 is 9.84 Å². The van der Waals surface area contributed by atoms with Crippen LogP contribution in [0.5, 0.6) is 0 Å². The Morgan fingerprint density at radius 1 is 1.75 bits per heavy atom. The van der Waals surface area contributed by atoms with Gasteiger partial charge in [0.2, 0.25) is 6.61 Å². The van der Waals surface area contributed by atoms with Gasteiger partial charge in [0.1, 0.15) is 5.92 Å². The maximum atomic E-state index is 9.67. The highest BCUT2D eigenvalue weighted by Crippen LogP contribution is 1.94. The second-order valence-electron chi connectivity index (χ2n) is 1.76. The first-order valence-electron chi connectivity index (χ1n) is 2.27. The van der Waals surface area contributed by atoms with Crippen molar-refractivity contribution in [1.29, 1.82) is 0 Å². The molecule has 46 valence electrons. The van der Waals surface area contributed by atoms with Gasteiger partial charge in [-0.1, -0.05) is 0 Å². The molecule has 0 saturated carbocycles. The van der Waals surface area contributed by atoms with Gasteiger partial charge in [-0.15, -0.1) is 0 Å². The van der Waals surface area contributed by atoms with E-state index in [1.54, 1.807) is 0 Å². The highest BCUT2D eigenvalue weighted by Gasteiger charge is 2.06. The number of hydrogen-bond donors (Lipinski definition) is 1. The maximum Gasteiger partial charge on any atom is 0.509 e. The fourth-order valence-corrected chi connectivity index (χ4v) is 0.206. The summed E-state index contributed by atoms with van der Waals surface area (Å²) in [5, 5.41) is 7.93. The van der Waals surface area contributed by atoms with Crippen LogP contribution in [0.4, 0.5) is 4.79 Å². The van der Waals surface area contributed by atoms with Crippen molar-refractivity contribution in [2.45, 2.75) is 13.8 Å². The molecular weight excluding hydrogens is 108 g/mol. The standard InChI is InChI=1S/C5H8O3/c1-4(2)3-8-5(6)7/h3H2,1-2H3/p+1.